The first kappa shape index (κ1) is 33.3. The molecular formula is C25H54O6P2. The van der Waals surface area contributed by atoms with Gasteiger partial charge in [0.1, 0.15) is 0 Å². The largest absolute Gasteiger partial charge is 0.342 e. The van der Waals surface area contributed by atoms with Crippen molar-refractivity contribution in [3.05, 3.63) is 0 Å². The number of hydrogen-bond donors (Lipinski definition) is 1. The maximum atomic E-state index is 13.6. The highest BCUT2D eigenvalue weighted by atomic mass is 31.2. The summed E-state index contributed by atoms with van der Waals surface area (Å²) in [6, 6.07) is 0. The summed E-state index contributed by atoms with van der Waals surface area (Å²) in [5.41, 5.74) is 0. The molecule has 0 aromatic carbocycles. The lowest BCUT2D eigenvalue weighted by Gasteiger charge is -2.26. The third-order valence-electron chi connectivity index (χ3n) is 6.51. The second kappa shape index (κ2) is 19.5. The van der Waals surface area contributed by atoms with Crippen LogP contribution in [-0.2, 0) is 22.7 Å². The first-order valence-electron chi connectivity index (χ1n) is 13.5. The molecule has 0 aliphatic carbocycles. The Bertz CT molecular complexity index is 533. The Kier molecular flexibility index (Phi) is 19.7. The van der Waals surface area contributed by atoms with Crippen LogP contribution in [0.1, 0.15) is 119 Å². The molecule has 0 aliphatic heterocycles. The van der Waals surface area contributed by atoms with E-state index in [4.69, 9.17) is 13.6 Å². The topological polar surface area (TPSA) is 82.1 Å². The summed E-state index contributed by atoms with van der Waals surface area (Å²) in [7, 11) is -7.87. The lowest BCUT2D eigenvalue weighted by Crippen LogP contribution is -2.15. The van der Waals surface area contributed by atoms with Crippen molar-refractivity contribution < 1.29 is 27.6 Å². The number of rotatable bonds is 23. The summed E-state index contributed by atoms with van der Waals surface area (Å²) in [5, 5.41) is 0. The van der Waals surface area contributed by atoms with Crippen molar-refractivity contribution in [2.45, 2.75) is 119 Å². The van der Waals surface area contributed by atoms with Crippen LogP contribution in [0.4, 0.5) is 0 Å². The summed E-state index contributed by atoms with van der Waals surface area (Å²) in [6.07, 6.45) is 12.2. The van der Waals surface area contributed by atoms with Crippen molar-refractivity contribution in [1.29, 1.82) is 0 Å². The fourth-order valence-electron chi connectivity index (χ4n) is 3.73. The zero-order valence-electron chi connectivity index (χ0n) is 22.4. The molecule has 0 saturated carbocycles. The predicted octanol–water partition coefficient (Wildman–Crippen LogP) is 9.02. The normalized spacial score (nSPS) is 18.4. The lowest BCUT2D eigenvalue weighted by atomic mass is 10.0. The predicted molar refractivity (Wildman–Crippen MR) is 140 cm³/mol. The van der Waals surface area contributed by atoms with Crippen LogP contribution in [0.5, 0.6) is 0 Å². The molecule has 0 aromatic rings. The van der Waals surface area contributed by atoms with Crippen molar-refractivity contribution in [1.82, 2.24) is 0 Å². The van der Waals surface area contributed by atoms with E-state index in [2.05, 4.69) is 41.5 Å². The van der Waals surface area contributed by atoms with E-state index in [0.29, 0.717) is 0 Å². The Balaban J connectivity index is 5.23. The molecule has 33 heavy (non-hydrogen) atoms. The Hall–Kier alpha value is 0.300. The third-order valence-corrected chi connectivity index (χ3v) is 11.0. The van der Waals surface area contributed by atoms with Crippen LogP contribution in [0.25, 0.3) is 0 Å². The molecule has 0 bridgehead atoms. The maximum absolute atomic E-state index is 13.6. The highest BCUT2D eigenvalue weighted by Crippen LogP contribution is 2.62. The first-order chi connectivity index (χ1) is 15.7. The molecule has 0 radical (unpaired) electrons. The number of unbranched alkanes of at least 4 members (excludes halogenated alkanes) is 3. The quantitative estimate of drug-likeness (QED) is 0.138. The molecule has 4 unspecified atom stereocenters. The van der Waals surface area contributed by atoms with Gasteiger partial charge < -0.3 is 18.5 Å². The number of hydrogen-bond acceptors (Lipinski definition) is 5. The van der Waals surface area contributed by atoms with Crippen LogP contribution in [0.2, 0.25) is 0 Å². The SMILES string of the molecule is CCCCC(CC)COP(=O)(O)CP(=O)(OCC(CC)CCCC)OCC(CC)CCCC. The molecule has 4 atom stereocenters. The molecule has 0 aliphatic rings. The monoisotopic (exact) mass is 512 g/mol. The molecular weight excluding hydrogens is 458 g/mol. The van der Waals surface area contributed by atoms with Gasteiger partial charge in [0.25, 0.3) is 0 Å². The van der Waals surface area contributed by atoms with Crippen molar-refractivity contribution >= 4 is 15.2 Å². The van der Waals surface area contributed by atoms with Gasteiger partial charge >= 0.3 is 15.2 Å². The Labute approximate surface area is 205 Å². The Morgan fingerprint density at radius 2 is 0.939 bits per heavy atom. The molecule has 0 aromatic heterocycles. The van der Waals surface area contributed by atoms with Gasteiger partial charge in [0.05, 0.1) is 19.8 Å². The molecule has 1 N–H and O–H groups in total. The Morgan fingerprint density at radius 1 is 0.606 bits per heavy atom. The third kappa shape index (κ3) is 16.6. The second-order valence-electron chi connectivity index (χ2n) is 9.53. The van der Waals surface area contributed by atoms with Gasteiger partial charge in [0.2, 0.25) is 0 Å². The standard InChI is InChI=1S/C25H54O6P2/c1-7-13-16-23(10-4)19-29-32(26,27)22-33(28,30-20-24(11-5)17-14-8-2)31-21-25(12-6)18-15-9-3/h23-25H,7-22H2,1-6H3,(H,26,27). The molecule has 0 spiro atoms. The minimum absolute atomic E-state index is 0.201. The summed E-state index contributed by atoms with van der Waals surface area (Å²) >= 11 is 0. The van der Waals surface area contributed by atoms with Crippen LogP contribution in [0.3, 0.4) is 0 Å². The first-order valence-corrected chi connectivity index (χ1v) is 17.0. The molecule has 8 heteroatoms. The van der Waals surface area contributed by atoms with Gasteiger partial charge in [-0.05, 0) is 37.0 Å². The van der Waals surface area contributed by atoms with Gasteiger partial charge in [-0.25, -0.2) is 0 Å². The minimum atomic E-state index is -4.11. The maximum Gasteiger partial charge on any atom is 0.342 e. The van der Waals surface area contributed by atoms with Crippen LogP contribution in [0.15, 0.2) is 0 Å². The van der Waals surface area contributed by atoms with E-state index >= 15 is 0 Å². The fourth-order valence-corrected chi connectivity index (χ4v) is 7.86. The average Bonchev–Trinajstić information content (AvgIpc) is 2.79. The van der Waals surface area contributed by atoms with E-state index in [1.54, 1.807) is 0 Å². The van der Waals surface area contributed by atoms with Crippen LogP contribution in [0, 0.1) is 17.8 Å². The van der Waals surface area contributed by atoms with E-state index in [1.807, 2.05) is 0 Å². The van der Waals surface area contributed by atoms with E-state index in [9.17, 15) is 14.0 Å². The molecule has 200 valence electrons. The molecule has 0 fully saturated rings. The van der Waals surface area contributed by atoms with E-state index < -0.39 is 21.1 Å². The Morgan fingerprint density at radius 3 is 1.24 bits per heavy atom. The molecule has 0 heterocycles. The smallest absolute Gasteiger partial charge is 0.324 e. The summed E-state index contributed by atoms with van der Waals surface area (Å²) in [4.78, 5) is 10.5. The highest BCUT2D eigenvalue weighted by molar-refractivity contribution is 7.70. The second-order valence-corrected chi connectivity index (χ2v) is 13.9. The average molecular weight is 513 g/mol. The summed E-state index contributed by atoms with van der Waals surface area (Å²) in [6.45, 7) is 13.4. The van der Waals surface area contributed by atoms with Gasteiger partial charge in [-0.1, -0.05) is 99.3 Å². The molecule has 0 rings (SSSR count). The van der Waals surface area contributed by atoms with Crippen LogP contribution < -0.4 is 0 Å². The molecule has 0 saturated heterocycles. The highest BCUT2D eigenvalue weighted by Gasteiger charge is 2.38. The summed E-state index contributed by atoms with van der Waals surface area (Å²) in [5.74, 6) is 0.185. The van der Waals surface area contributed by atoms with Gasteiger partial charge in [-0.3, -0.25) is 9.13 Å². The van der Waals surface area contributed by atoms with Gasteiger partial charge in [-0.2, -0.15) is 0 Å². The van der Waals surface area contributed by atoms with Crippen molar-refractivity contribution in [3.8, 4) is 0 Å². The fraction of sp³-hybridized carbons (Fsp3) is 1.00. The van der Waals surface area contributed by atoms with Gasteiger partial charge in [0.15, 0.2) is 5.90 Å². The van der Waals surface area contributed by atoms with E-state index in [1.165, 1.54) is 0 Å². The lowest BCUT2D eigenvalue weighted by molar-refractivity contribution is 0.150. The zero-order chi connectivity index (χ0) is 25.2. The zero-order valence-corrected chi connectivity index (χ0v) is 24.2. The van der Waals surface area contributed by atoms with Crippen molar-refractivity contribution in [2.75, 3.05) is 25.7 Å². The van der Waals surface area contributed by atoms with Gasteiger partial charge in [0, 0.05) is 0 Å². The van der Waals surface area contributed by atoms with Crippen LogP contribution >= 0.6 is 15.2 Å². The molecule has 0 amide bonds. The summed E-state index contributed by atoms with van der Waals surface area (Å²) < 4.78 is 43.7. The van der Waals surface area contributed by atoms with Gasteiger partial charge in [-0.15, -0.1) is 0 Å². The van der Waals surface area contributed by atoms with Crippen LogP contribution in [-0.4, -0.2) is 30.6 Å². The minimum Gasteiger partial charge on any atom is -0.324 e. The van der Waals surface area contributed by atoms with Crippen molar-refractivity contribution in [3.63, 3.8) is 0 Å². The van der Waals surface area contributed by atoms with E-state index in [0.717, 1.165) is 77.0 Å². The van der Waals surface area contributed by atoms with E-state index in [-0.39, 0.29) is 37.6 Å². The molecule has 6 nitrogen and oxygen atoms in total. The van der Waals surface area contributed by atoms with Crippen molar-refractivity contribution in [2.24, 2.45) is 17.8 Å².